The molecule has 1 unspecified atom stereocenters. The molecule has 2 saturated heterocycles. The van der Waals surface area contributed by atoms with Crippen LogP contribution >= 0.6 is 0 Å². The number of hydrogen-bond acceptors (Lipinski definition) is 5. The van der Waals surface area contributed by atoms with Gasteiger partial charge in [-0.3, -0.25) is 14.4 Å². The van der Waals surface area contributed by atoms with Crippen LogP contribution in [0.1, 0.15) is 32.1 Å². The second-order valence-electron chi connectivity index (χ2n) is 7.17. The van der Waals surface area contributed by atoms with Gasteiger partial charge in [0.05, 0.1) is 11.9 Å². The quantitative estimate of drug-likeness (QED) is 0.778. The number of hydrogen-bond donors (Lipinski definition) is 1. The molecule has 26 heavy (non-hydrogen) atoms. The normalized spacial score (nSPS) is 20.5. The van der Waals surface area contributed by atoms with Gasteiger partial charge < -0.3 is 15.1 Å². The summed E-state index contributed by atoms with van der Waals surface area (Å²) in [6, 6.07) is 1.60. The van der Waals surface area contributed by atoms with Crippen molar-refractivity contribution in [3.05, 3.63) is 22.6 Å². The van der Waals surface area contributed by atoms with Crippen LogP contribution in [0.2, 0.25) is 0 Å². The summed E-state index contributed by atoms with van der Waals surface area (Å²) in [5.41, 5.74) is 0.719. The van der Waals surface area contributed by atoms with Gasteiger partial charge in [0.2, 0.25) is 11.8 Å². The molecule has 1 aromatic heterocycles. The minimum Gasteiger partial charge on any atom is -0.370 e. The average molecular weight is 361 g/mol. The fourth-order valence-corrected chi connectivity index (χ4v) is 3.55. The average Bonchev–Trinajstić information content (AvgIpc) is 3.10. The molecule has 3 rings (SSSR count). The molecule has 0 radical (unpaired) electrons. The van der Waals surface area contributed by atoms with E-state index in [-0.39, 0.29) is 17.4 Å². The van der Waals surface area contributed by atoms with Crippen LogP contribution < -0.4 is 15.8 Å². The van der Waals surface area contributed by atoms with Crippen LogP contribution in [0.5, 0.6) is 0 Å². The molecule has 0 aromatic carbocycles. The molecule has 1 aromatic rings. The standard InChI is InChI=1S/C18H27N5O3/c1-21-18(26)10-15(12-20-21)23-8-5-14(13-23)11-19-16(24)6-9-22-7-3-2-4-17(22)25/h10,12,14H,2-9,11,13H2,1H3,(H,19,24). The van der Waals surface area contributed by atoms with E-state index >= 15 is 0 Å². The third kappa shape index (κ3) is 4.62. The van der Waals surface area contributed by atoms with E-state index in [4.69, 9.17) is 0 Å². The molecule has 2 fully saturated rings. The van der Waals surface area contributed by atoms with E-state index in [1.807, 2.05) is 0 Å². The second kappa shape index (κ2) is 8.33. The maximum atomic E-state index is 12.1. The maximum absolute atomic E-state index is 12.1. The third-order valence-electron chi connectivity index (χ3n) is 5.22. The molecule has 142 valence electrons. The molecule has 0 saturated carbocycles. The van der Waals surface area contributed by atoms with Gasteiger partial charge in [-0.1, -0.05) is 0 Å². The van der Waals surface area contributed by atoms with E-state index in [0.29, 0.717) is 31.8 Å². The van der Waals surface area contributed by atoms with Crippen LogP contribution in [0.15, 0.2) is 17.1 Å². The SMILES string of the molecule is Cn1ncc(N2CCC(CNC(=O)CCN3CCCCC3=O)C2)cc1=O. The molecule has 2 aliphatic rings. The van der Waals surface area contributed by atoms with Crippen LogP contribution in [0, 0.1) is 5.92 Å². The molecule has 3 heterocycles. The van der Waals surface area contributed by atoms with Crippen molar-refractivity contribution in [1.82, 2.24) is 20.0 Å². The van der Waals surface area contributed by atoms with Gasteiger partial charge in [0, 0.05) is 58.7 Å². The molecule has 8 nitrogen and oxygen atoms in total. The summed E-state index contributed by atoms with van der Waals surface area (Å²) in [5, 5.41) is 7.04. The zero-order chi connectivity index (χ0) is 18.5. The lowest BCUT2D eigenvalue weighted by Gasteiger charge is -2.26. The number of anilines is 1. The molecule has 8 heteroatoms. The van der Waals surface area contributed by atoms with Crippen LogP contribution in [-0.2, 0) is 16.6 Å². The first-order chi connectivity index (χ1) is 12.5. The predicted octanol–water partition coefficient (Wildman–Crippen LogP) is 0.125. The number of piperidine rings is 1. The zero-order valence-electron chi connectivity index (χ0n) is 15.3. The summed E-state index contributed by atoms with van der Waals surface area (Å²) < 4.78 is 1.31. The topological polar surface area (TPSA) is 87.5 Å². The van der Waals surface area contributed by atoms with Gasteiger partial charge in [-0.15, -0.1) is 0 Å². The number of aromatic nitrogens is 2. The van der Waals surface area contributed by atoms with E-state index < -0.39 is 0 Å². The molecule has 0 spiro atoms. The molecular weight excluding hydrogens is 334 g/mol. The predicted molar refractivity (Wildman–Crippen MR) is 97.9 cm³/mol. The lowest BCUT2D eigenvalue weighted by atomic mass is 10.1. The molecule has 0 aliphatic carbocycles. The fraction of sp³-hybridized carbons (Fsp3) is 0.667. The number of aryl methyl sites for hydroxylation is 1. The summed E-state index contributed by atoms with van der Waals surface area (Å²) in [5.74, 6) is 0.523. The Morgan fingerprint density at radius 2 is 2.15 bits per heavy atom. The van der Waals surface area contributed by atoms with Crippen molar-refractivity contribution in [1.29, 1.82) is 0 Å². The van der Waals surface area contributed by atoms with Crippen LogP contribution in [0.3, 0.4) is 0 Å². The Kier molecular flexibility index (Phi) is 5.90. The van der Waals surface area contributed by atoms with Crippen molar-refractivity contribution in [3.63, 3.8) is 0 Å². The van der Waals surface area contributed by atoms with Gasteiger partial charge in [0.1, 0.15) is 0 Å². The summed E-state index contributed by atoms with van der Waals surface area (Å²) in [7, 11) is 1.63. The summed E-state index contributed by atoms with van der Waals surface area (Å²) in [6.45, 7) is 3.58. The lowest BCUT2D eigenvalue weighted by molar-refractivity contribution is -0.133. The van der Waals surface area contributed by atoms with Gasteiger partial charge in [-0.2, -0.15) is 5.10 Å². The van der Waals surface area contributed by atoms with Crippen molar-refractivity contribution in [2.45, 2.75) is 32.1 Å². The molecular formula is C18H27N5O3. The number of carbonyl (C=O) groups excluding carboxylic acids is 2. The maximum Gasteiger partial charge on any atom is 0.268 e. The van der Waals surface area contributed by atoms with E-state index in [9.17, 15) is 14.4 Å². The number of carbonyl (C=O) groups is 2. The monoisotopic (exact) mass is 361 g/mol. The third-order valence-corrected chi connectivity index (χ3v) is 5.22. The Morgan fingerprint density at radius 3 is 2.92 bits per heavy atom. The minimum atomic E-state index is -0.119. The van der Waals surface area contributed by atoms with Gasteiger partial charge in [-0.05, 0) is 25.2 Å². The fourth-order valence-electron chi connectivity index (χ4n) is 3.55. The van der Waals surface area contributed by atoms with Crippen molar-refractivity contribution in [3.8, 4) is 0 Å². The Bertz CT molecular complexity index is 717. The highest BCUT2D eigenvalue weighted by Gasteiger charge is 2.24. The van der Waals surface area contributed by atoms with Crippen molar-refractivity contribution in [2.75, 3.05) is 37.6 Å². The highest BCUT2D eigenvalue weighted by atomic mass is 16.2. The van der Waals surface area contributed by atoms with Gasteiger partial charge >= 0.3 is 0 Å². The Balaban J connectivity index is 1.40. The van der Waals surface area contributed by atoms with E-state index in [1.54, 1.807) is 24.2 Å². The number of nitrogens with one attached hydrogen (secondary N) is 1. The van der Waals surface area contributed by atoms with Crippen LogP contribution in [0.4, 0.5) is 5.69 Å². The van der Waals surface area contributed by atoms with Crippen molar-refractivity contribution in [2.24, 2.45) is 13.0 Å². The summed E-state index contributed by atoms with van der Waals surface area (Å²) >= 11 is 0. The first kappa shape index (κ1) is 18.4. The summed E-state index contributed by atoms with van der Waals surface area (Å²) in [6.07, 6.45) is 5.64. The molecule has 1 atom stereocenters. The van der Waals surface area contributed by atoms with Crippen LogP contribution in [0.25, 0.3) is 0 Å². The van der Waals surface area contributed by atoms with E-state index in [2.05, 4.69) is 15.3 Å². The Morgan fingerprint density at radius 1 is 1.31 bits per heavy atom. The van der Waals surface area contributed by atoms with Crippen molar-refractivity contribution < 1.29 is 9.59 Å². The number of nitrogens with zero attached hydrogens (tertiary/aromatic N) is 4. The smallest absolute Gasteiger partial charge is 0.268 e. The lowest BCUT2D eigenvalue weighted by Crippen LogP contribution is -2.39. The van der Waals surface area contributed by atoms with Crippen LogP contribution in [-0.4, -0.2) is 59.2 Å². The Labute approximate surface area is 153 Å². The first-order valence-corrected chi connectivity index (χ1v) is 9.35. The highest BCUT2D eigenvalue weighted by Crippen LogP contribution is 2.21. The number of rotatable bonds is 6. The van der Waals surface area contributed by atoms with Gasteiger partial charge in [0.25, 0.3) is 5.56 Å². The molecule has 1 N–H and O–H groups in total. The molecule has 2 amide bonds. The highest BCUT2D eigenvalue weighted by molar-refractivity contribution is 5.79. The summed E-state index contributed by atoms with van der Waals surface area (Å²) in [4.78, 5) is 39.5. The first-order valence-electron chi connectivity index (χ1n) is 9.35. The largest absolute Gasteiger partial charge is 0.370 e. The number of likely N-dealkylation sites (tertiary alicyclic amines) is 1. The van der Waals surface area contributed by atoms with Crippen molar-refractivity contribution >= 4 is 17.5 Å². The number of amides is 2. The molecule has 0 bridgehead atoms. The van der Waals surface area contributed by atoms with E-state index in [0.717, 1.165) is 44.6 Å². The minimum absolute atomic E-state index is 0.00271. The Hall–Kier alpha value is -2.38. The molecule has 2 aliphatic heterocycles. The zero-order valence-corrected chi connectivity index (χ0v) is 15.3. The van der Waals surface area contributed by atoms with Gasteiger partial charge in [0.15, 0.2) is 0 Å². The van der Waals surface area contributed by atoms with Gasteiger partial charge in [-0.25, -0.2) is 4.68 Å². The second-order valence-corrected chi connectivity index (χ2v) is 7.17. The van der Waals surface area contributed by atoms with E-state index in [1.165, 1.54) is 4.68 Å².